The summed E-state index contributed by atoms with van der Waals surface area (Å²) in [6.07, 6.45) is 9.81. The maximum atomic E-state index is 6.11. The van der Waals surface area contributed by atoms with Gasteiger partial charge in [0.25, 0.3) is 0 Å². The molecule has 2 nitrogen and oxygen atoms in total. The molecule has 0 heterocycles. The molecule has 2 aliphatic rings. The molecular formula is C19H38N2. The van der Waals surface area contributed by atoms with E-state index in [0.29, 0.717) is 0 Å². The maximum absolute atomic E-state index is 6.11. The van der Waals surface area contributed by atoms with Crippen molar-refractivity contribution in [2.45, 2.75) is 84.7 Å². The molecule has 124 valence electrons. The maximum Gasteiger partial charge on any atom is 0.0138 e. The number of hydrogen-bond acceptors (Lipinski definition) is 2. The van der Waals surface area contributed by atoms with Crippen LogP contribution in [-0.2, 0) is 0 Å². The summed E-state index contributed by atoms with van der Waals surface area (Å²) in [6.45, 7) is 11.8. The van der Waals surface area contributed by atoms with Crippen molar-refractivity contribution < 1.29 is 0 Å². The van der Waals surface area contributed by atoms with Gasteiger partial charge in [0.1, 0.15) is 0 Å². The van der Waals surface area contributed by atoms with Crippen molar-refractivity contribution >= 4 is 0 Å². The summed E-state index contributed by atoms with van der Waals surface area (Å²) in [5.41, 5.74) is 6.11. The van der Waals surface area contributed by atoms with Crippen molar-refractivity contribution in [2.24, 2.45) is 29.4 Å². The SMILES string of the molecule is CCN(C1CCCCC1CN)C1CC(C)CCC1C(C)C. The molecule has 2 N–H and O–H groups in total. The fourth-order valence-corrected chi connectivity index (χ4v) is 5.15. The Morgan fingerprint density at radius 1 is 1.05 bits per heavy atom. The van der Waals surface area contributed by atoms with Crippen LogP contribution in [0.4, 0.5) is 0 Å². The van der Waals surface area contributed by atoms with E-state index in [1.54, 1.807) is 0 Å². The van der Waals surface area contributed by atoms with Crippen LogP contribution in [0.3, 0.4) is 0 Å². The minimum atomic E-state index is 0.740. The third-order valence-electron chi connectivity index (χ3n) is 6.38. The van der Waals surface area contributed by atoms with Gasteiger partial charge in [-0.05, 0) is 62.4 Å². The predicted octanol–water partition coefficient (Wildman–Crippen LogP) is 4.29. The van der Waals surface area contributed by atoms with E-state index < -0.39 is 0 Å². The summed E-state index contributed by atoms with van der Waals surface area (Å²) >= 11 is 0. The molecule has 0 saturated heterocycles. The van der Waals surface area contributed by atoms with Crippen molar-refractivity contribution in [1.82, 2.24) is 4.90 Å². The topological polar surface area (TPSA) is 29.3 Å². The molecule has 2 rings (SSSR count). The van der Waals surface area contributed by atoms with Gasteiger partial charge in [-0.15, -0.1) is 0 Å². The predicted molar refractivity (Wildman–Crippen MR) is 92.3 cm³/mol. The summed E-state index contributed by atoms with van der Waals surface area (Å²) in [5, 5.41) is 0. The molecule has 0 radical (unpaired) electrons. The van der Waals surface area contributed by atoms with E-state index in [0.717, 1.165) is 42.3 Å². The van der Waals surface area contributed by atoms with Gasteiger partial charge < -0.3 is 5.73 Å². The summed E-state index contributed by atoms with van der Waals surface area (Å²) in [6, 6.07) is 1.56. The second-order valence-corrected chi connectivity index (χ2v) is 8.07. The van der Waals surface area contributed by atoms with Crippen LogP contribution in [0.25, 0.3) is 0 Å². The zero-order chi connectivity index (χ0) is 15.4. The van der Waals surface area contributed by atoms with Gasteiger partial charge in [-0.2, -0.15) is 0 Å². The summed E-state index contributed by atoms with van der Waals surface area (Å²) in [5.74, 6) is 3.35. The van der Waals surface area contributed by atoms with Crippen LogP contribution in [-0.4, -0.2) is 30.1 Å². The molecule has 2 aliphatic carbocycles. The molecule has 5 unspecified atom stereocenters. The molecule has 0 spiro atoms. The molecule has 2 heteroatoms. The van der Waals surface area contributed by atoms with Crippen LogP contribution < -0.4 is 5.73 Å². The fraction of sp³-hybridized carbons (Fsp3) is 1.00. The van der Waals surface area contributed by atoms with Crippen LogP contribution in [0.15, 0.2) is 0 Å². The van der Waals surface area contributed by atoms with E-state index in [1.807, 2.05) is 0 Å². The summed E-state index contributed by atoms with van der Waals surface area (Å²) < 4.78 is 0. The van der Waals surface area contributed by atoms with Crippen molar-refractivity contribution in [3.63, 3.8) is 0 Å². The lowest BCUT2D eigenvalue weighted by atomic mass is 9.72. The number of rotatable bonds is 5. The average molecular weight is 295 g/mol. The van der Waals surface area contributed by atoms with Crippen molar-refractivity contribution in [3.8, 4) is 0 Å². The van der Waals surface area contributed by atoms with Gasteiger partial charge >= 0.3 is 0 Å². The second-order valence-electron chi connectivity index (χ2n) is 8.07. The highest BCUT2D eigenvalue weighted by Crippen LogP contribution is 2.39. The summed E-state index contributed by atoms with van der Waals surface area (Å²) in [4.78, 5) is 2.89. The zero-order valence-electron chi connectivity index (χ0n) is 14.9. The number of nitrogens with zero attached hydrogens (tertiary/aromatic N) is 1. The third kappa shape index (κ3) is 4.01. The Hall–Kier alpha value is -0.0800. The standard InChI is InChI=1S/C19H38N2/c1-5-21(18-9-7-6-8-16(18)13-20)19-12-15(4)10-11-17(19)14(2)3/h14-19H,5-13,20H2,1-4H3. The fourth-order valence-electron chi connectivity index (χ4n) is 5.15. The van der Waals surface area contributed by atoms with Gasteiger partial charge in [0, 0.05) is 12.1 Å². The van der Waals surface area contributed by atoms with E-state index in [2.05, 4.69) is 32.6 Å². The van der Waals surface area contributed by atoms with Crippen molar-refractivity contribution in [1.29, 1.82) is 0 Å². The molecule has 21 heavy (non-hydrogen) atoms. The van der Waals surface area contributed by atoms with Crippen LogP contribution in [0.1, 0.15) is 72.6 Å². The lowest BCUT2D eigenvalue weighted by molar-refractivity contribution is 0.000804. The van der Waals surface area contributed by atoms with Crippen LogP contribution in [0.5, 0.6) is 0 Å². The van der Waals surface area contributed by atoms with Crippen LogP contribution in [0, 0.1) is 23.7 Å². The first-order valence-electron chi connectivity index (χ1n) is 9.54. The smallest absolute Gasteiger partial charge is 0.0138 e. The molecular weight excluding hydrogens is 256 g/mol. The normalized spacial score (nSPS) is 38.1. The lowest BCUT2D eigenvalue weighted by Crippen LogP contribution is -2.54. The van der Waals surface area contributed by atoms with Gasteiger partial charge in [0.05, 0.1) is 0 Å². The first-order chi connectivity index (χ1) is 10.1. The van der Waals surface area contributed by atoms with Gasteiger partial charge in [-0.3, -0.25) is 4.90 Å². The quantitative estimate of drug-likeness (QED) is 0.819. The monoisotopic (exact) mass is 294 g/mol. The Kier molecular flexibility index (Phi) is 6.55. The average Bonchev–Trinajstić information content (AvgIpc) is 2.48. The highest BCUT2D eigenvalue weighted by atomic mass is 15.2. The van der Waals surface area contributed by atoms with E-state index >= 15 is 0 Å². The Bertz CT molecular complexity index is 302. The molecule has 0 aliphatic heterocycles. The van der Waals surface area contributed by atoms with Gasteiger partial charge in [0.15, 0.2) is 0 Å². The molecule has 5 atom stereocenters. The highest BCUT2D eigenvalue weighted by Gasteiger charge is 2.39. The molecule has 0 bridgehead atoms. The van der Waals surface area contributed by atoms with E-state index in [4.69, 9.17) is 5.73 Å². The van der Waals surface area contributed by atoms with Crippen LogP contribution >= 0.6 is 0 Å². The van der Waals surface area contributed by atoms with Crippen LogP contribution in [0.2, 0.25) is 0 Å². The van der Waals surface area contributed by atoms with E-state index in [9.17, 15) is 0 Å². The molecule has 2 saturated carbocycles. The zero-order valence-corrected chi connectivity index (χ0v) is 14.9. The Morgan fingerprint density at radius 3 is 2.38 bits per heavy atom. The minimum absolute atomic E-state index is 0.740. The van der Waals surface area contributed by atoms with E-state index in [-0.39, 0.29) is 0 Å². The first-order valence-corrected chi connectivity index (χ1v) is 9.54. The first kappa shape index (κ1) is 17.3. The van der Waals surface area contributed by atoms with E-state index in [1.165, 1.54) is 51.5 Å². The Balaban J connectivity index is 2.15. The minimum Gasteiger partial charge on any atom is -0.330 e. The highest BCUT2D eigenvalue weighted by molar-refractivity contribution is 4.93. The van der Waals surface area contributed by atoms with Crippen molar-refractivity contribution in [3.05, 3.63) is 0 Å². The van der Waals surface area contributed by atoms with Gasteiger partial charge in [-0.25, -0.2) is 0 Å². The Morgan fingerprint density at radius 2 is 1.76 bits per heavy atom. The second kappa shape index (κ2) is 7.97. The Labute approximate surface area is 132 Å². The third-order valence-corrected chi connectivity index (χ3v) is 6.38. The molecule has 0 amide bonds. The summed E-state index contributed by atoms with van der Waals surface area (Å²) in [7, 11) is 0. The number of hydrogen-bond donors (Lipinski definition) is 1. The largest absolute Gasteiger partial charge is 0.330 e. The molecule has 2 fully saturated rings. The van der Waals surface area contributed by atoms with Gasteiger partial charge in [0.2, 0.25) is 0 Å². The van der Waals surface area contributed by atoms with Gasteiger partial charge in [-0.1, -0.05) is 47.0 Å². The molecule has 0 aromatic rings. The molecule has 0 aromatic heterocycles. The molecule has 0 aromatic carbocycles. The van der Waals surface area contributed by atoms with Crippen molar-refractivity contribution in [2.75, 3.05) is 13.1 Å². The lowest BCUT2D eigenvalue weighted by Gasteiger charge is -2.49. The number of nitrogens with two attached hydrogens (primary N) is 1.